The van der Waals surface area contributed by atoms with Gasteiger partial charge in [0, 0.05) is 17.9 Å². The average molecular weight is 544 g/mol. The molecule has 3 aromatic carbocycles. The van der Waals surface area contributed by atoms with E-state index in [0.29, 0.717) is 31.0 Å². The van der Waals surface area contributed by atoms with Crippen molar-refractivity contribution in [3.05, 3.63) is 82.9 Å². The number of urea groups is 1. The standard InChI is InChI=1S/C32H37N3O5/c1-5-23(20-31(37)40-6-2)24-12-14-28-25(19-24)15-16-35(28)30(36)18-22-11-13-27(29(17-22)39-4)34-32(38)33-26-10-8-7-9-21(26)3/h7-14,17,19,23H,5-6,15-16,18,20H2,1-4H3,(H2,33,34,38). The number of anilines is 3. The second kappa shape index (κ2) is 13.2. The smallest absolute Gasteiger partial charge is 0.323 e. The molecule has 8 heteroatoms. The Bertz CT molecular complexity index is 1390. The normalized spacial score (nSPS) is 12.8. The summed E-state index contributed by atoms with van der Waals surface area (Å²) in [7, 11) is 1.53. The zero-order chi connectivity index (χ0) is 28.6. The number of carbonyl (C=O) groups excluding carboxylic acids is 3. The Labute approximate surface area is 235 Å². The first-order chi connectivity index (χ1) is 19.3. The van der Waals surface area contributed by atoms with Gasteiger partial charge >= 0.3 is 12.0 Å². The first-order valence-corrected chi connectivity index (χ1v) is 13.7. The summed E-state index contributed by atoms with van der Waals surface area (Å²) in [6, 6.07) is 18.6. The van der Waals surface area contributed by atoms with E-state index in [1.165, 1.54) is 7.11 Å². The molecule has 2 N–H and O–H groups in total. The molecule has 1 atom stereocenters. The van der Waals surface area contributed by atoms with E-state index in [1.807, 2.05) is 61.2 Å². The maximum absolute atomic E-state index is 13.3. The molecule has 3 aromatic rings. The van der Waals surface area contributed by atoms with Gasteiger partial charge in [-0.3, -0.25) is 9.59 Å². The number of methoxy groups -OCH3 is 1. The zero-order valence-corrected chi connectivity index (χ0v) is 23.6. The molecule has 0 aromatic heterocycles. The molecule has 0 saturated heterocycles. The highest BCUT2D eigenvalue weighted by Gasteiger charge is 2.26. The van der Waals surface area contributed by atoms with Crippen LogP contribution in [0.4, 0.5) is 21.9 Å². The Balaban J connectivity index is 1.41. The van der Waals surface area contributed by atoms with Gasteiger partial charge in [-0.05, 0) is 79.1 Å². The van der Waals surface area contributed by atoms with Gasteiger partial charge < -0.3 is 25.0 Å². The molecule has 0 bridgehead atoms. The summed E-state index contributed by atoms with van der Waals surface area (Å²) in [5.41, 5.74) is 6.11. The van der Waals surface area contributed by atoms with Crippen LogP contribution in [0.15, 0.2) is 60.7 Å². The molecule has 0 aliphatic carbocycles. The third-order valence-electron chi connectivity index (χ3n) is 7.25. The van der Waals surface area contributed by atoms with E-state index in [0.717, 1.165) is 46.5 Å². The van der Waals surface area contributed by atoms with Crippen molar-refractivity contribution in [3.63, 3.8) is 0 Å². The minimum absolute atomic E-state index is 0.00915. The number of ether oxygens (including phenoxy) is 2. The van der Waals surface area contributed by atoms with E-state index in [-0.39, 0.29) is 30.2 Å². The summed E-state index contributed by atoms with van der Waals surface area (Å²) in [6.45, 7) is 6.80. The molecule has 1 unspecified atom stereocenters. The number of fused-ring (bicyclic) bond motifs is 1. The fourth-order valence-corrected chi connectivity index (χ4v) is 5.06. The van der Waals surface area contributed by atoms with Crippen LogP contribution in [0, 0.1) is 6.92 Å². The number of hydrogen-bond acceptors (Lipinski definition) is 5. The number of nitrogens with one attached hydrogen (secondary N) is 2. The summed E-state index contributed by atoms with van der Waals surface area (Å²) >= 11 is 0. The Kier molecular flexibility index (Phi) is 9.43. The molecule has 0 radical (unpaired) electrons. The Hall–Kier alpha value is -4.33. The van der Waals surface area contributed by atoms with Gasteiger partial charge in [0.25, 0.3) is 0 Å². The lowest BCUT2D eigenvalue weighted by molar-refractivity contribution is -0.143. The van der Waals surface area contributed by atoms with E-state index in [9.17, 15) is 14.4 Å². The Morgan fingerprint density at radius 2 is 1.75 bits per heavy atom. The average Bonchev–Trinajstić information content (AvgIpc) is 3.37. The van der Waals surface area contributed by atoms with Crippen LogP contribution in [-0.2, 0) is 27.2 Å². The van der Waals surface area contributed by atoms with Crippen molar-refractivity contribution in [1.82, 2.24) is 0 Å². The molecular weight excluding hydrogens is 506 g/mol. The lowest BCUT2D eigenvalue weighted by Gasteiger charge is -2.20. The molecular formula is C32H37N3O5. The van der Waals surface area contributed by atoms with E-state index < -0.39 is 0 Å². The first kappa shape index (κ1) is 28.7. The summed E-state index contributed by atoms with van der Waals surface area (Å²) in [5, 5.41) is 5.67. The highest BCUT2D eigenvalue weighted by atomic mass is 16.5. The number of amides is 3. The van der Waals surface area contributed by atoms with E-state index >= 15 is 0 Å². The maximum atomic E-state index is 13.3. The largest absolute Gasteiger partial charge is 0.495 e. The Morgan fingerprint density at radius 3 is 2.48 bits per heavy atom. The number of aryl methyl sites for hydroxylation is 1. The third kappa shape index (κ3) is 6.81. The zero-order valence-electron chi connectivity index (χ0n) is 23.6. The number of nitrogens with zero attached hydrogens (tertiary/aromatic N) is 1. The monoisotopic (exact) mass is 543 g/mol. The van der Waals surface area contributed by atoms with Crippen LogP contribution in [0.5, 0.6) is 5.75 Å². The number of carbonyl (C=O) groups is 3. The van der Waals surface area contributed by atoms with Gasteiger partial charge in [0.1, 0.15) is 5.75 Å². The molecule has 1 aliphatic rings. The van der Waals surface area contributed by atoms with Crippen LogP contribution < -0.4 is 20.3 Å². The van der Waals surface area contributed by atoms with Crippen molar-refractivity contribution in [3.8, 4) is 5.75 Å². The number of para-hydroxylation sites is 1. The number of esters is 1. The summed E-state index contributed by atoms with van der Waals surface area (Å²) in [6.07, 6.45) is 2.16. The molecule has 0 fully saturated rings. The molecule has 8 nitrogen and oxygen atoms in total. The van der Waals surface area contributed by atoms with Crippen molar-refractivity contribution in [1.29, 1.82) is 0 Å². The van der Waals surface area contributed by atoms with E-state index in [2.05, 4.69) is 23.6 Å². The lowest BCUT2D eigenvalue weighted by Crippen LogP contribution is -2.30. The van der Waals surface area contributed by atoms with E-state index in [1.54, 1.807) is 12.1 Å². The van der Waals surface area contributed by atoms with Gasteiger partial charge in [-0.15, -0.1) is 0 Å². The van der Waals surface area contributed by atoms with Crippen LogP contribution in [0.1, 0.15) is 54.9 Å². The summed E-state index contributed by atoms with van der Waals surface area (Å²) < 4.78 is 10.7. The second-order valence-corrected chi connectivity index (χ2v) is 9.90. The van der Waals surface area contributed by atoms with Gasteiger partial charge in [-0.25, -0.2) is 4.79 Å². The van der Waals surface area contributed by atoms with Crippen LogP contribution in [0.2, 0.25) is 0 Å². The maximum Gasteiger partial charge on any atom is 0.323 e. The second-order valence-electron chi connectivity index (χ2n) is 9.90. The Morgan fingerprint density at radius 1 is 0.975 bits per heavy atom. The van der Waals surface area contributed by atoms with Gasteiger partial charge in [0.05, 0.1) is 32.2 Å². The molecule has 3 amide bonds. The third-order valence-corrected chi connectivity index (χ3v) is 7.25. The highest BCUT2D eigenvalue weighted by Crippen LogP contribution is 2.34. The minimum Gasteiger partial charge on any atom is -0.495 e. The van der Waals surface area contributed by atoms with Crippen LogP contribution >= 0.6 is 0 Å². The minimum atomic E-state index is -0.378. The lowest BCUT2D eigenvalue weighted by atomic mass is 9.91. The predicted molar refractivity (Wildman–Crippen MR) is 157 cm³/mol. The van der Waals surface area contributed by atoms with Crippen molar-refractivity contribution in [2.24, 2.45) is 0 Å². The fourth-order valence-electron chi connectivity index (χ4n) is 5.06. The fraction of sp³-hybridized carbons (Fsp3) is 0.344. The van der Waals surface area contributed by atoms with Crippen molar-refractivity contribution in [2.45, 2.75) is 52.4 Å². The first-order valence-electron chi connectivity index (χ1n) is 13.7. The molecule has 1 aliphatic heterocycles. The topological polar surface area (TPSA) is 97.0 Å². The predicted octanol–water partition coefficient (Wildman–Crippen LogP) is 6.23. The van der Waals surface area contributed by atoms with Gasteiger partial charge in [-0.2, -0.15) is 0 Å². The molecule has 0 saturated carbocycles. The molecule has 40 heavy (non-hydrogen) atoms. The van der Waals surface area contributed by atoms with Crippen molar-refractivity contribution < 1.29 is 23.9 Å². The highest BCUT2D eigenvalue weighted by molar-refractivity contribution is 6.01. The molecule has 210 valence electrons. The number of benzene rings is 3. The van der Waals surface area contributed by atoms with Gasteiger partial charge in [0.15, 0.2) is 0 Å². The molecule has 1 heterocycles. The quantitative estimate of drug-likeness (QED) is 0.296. The van der Waals surface area contributed by atoms with Crippen LogP contribution in [0.25, 0.3) is 0 Å². The van der Waals surface area contributed by atoms with Crippen molar-refractivity contribution in [2.75, 3.05) is 35.8 Å². The van der Waals surface area contributed by atoms with Crippen LogP contribution in [-0.4, -0.2) is 38.2 Å². The van der Waals surface area contributed by atoms with Crippen LogP contribution in [0.3, 0.4) is 0 Å². The molecule has 0 spiro atoms. The SMILES string of the molecule is CCOC(=O)CC(CC)c1ccc2c(c1)CCN2C(=O)Cc1ccc(NC(=O)Nc2ccccc2C)c(OC)c1. The van der Waals surface area contributed by atoms with E-state index in [4.69, 9.17) is 9.47 Å². The van der Waals surface area contributed by atoms with Gasteiger partial charge in [-0.1, -0.05) is 43.3 Å². The summed E-state index contributed by atoms with van der Waals surface area (Å²) in [4.78, 5) is 39.7. The number of hydrogen-bond donors (Lipinski definition) is 2. The van der Waals surface area contributed by atoms with Crippen molar-refractivity contribution >= 4 is 35.0 Å². The van der Waals surface area contributed by atoms with Gasteiger partial charge in [0.2, 0.25) is 5.91 Å². The summed E-state index contributed by atoms with van der Waals surface area (Å²) in [5.74, 6) is 0.372. The number of rotatable bonds is 10. The molecule has 4 rings (SSSR count).